The molecule has 1 unspecified atom stereocenters. The van der Waals surface area contributed by atoms with Crippen molar-refractivity contribution in [2.45, 2.75) is 26.7 Å². The first-order valence-corrected chi connectivity index (χ1v) is 4.53. The van der Waals surface area contributed by atoms with Crippen molar-refractivity contribution in [2.75, 3.05) is 6.54 Å². The van der Waals surface area contributed by atoms with Crippen LogP contribution in [0.4, 0.5) is 4.39 Å². The molecule has 0 bridgehead atoms. The van der Waals surface area contributed by atoms with Gasteiger partial charge in [0, 0.05) is 0 Å². The molecule has 0 spiro atoms. The normalized spacial score (nSPS) is 13.0. The minimum Gasteiger partial charge on any atom is -0.330 e. The quantitative estimate of drug-likeness (QED) is 0.745. The summed E-state index contributed by atoms with van der Waals surface area (Å²) in [6, 6.07) is 3.32. The number of hydrogen-bond donors (Lipinski definition) is 1. The van der Waals surface area contributed by atoms with Crippen LogP contribution in [0.1, 0.15) is 29.5 Å². The molecule has 2 heteroatoms. The van der Waals surface area contributed by atoms with E-state index in [-0.39, 0.29) is 11.7 Å². The summed E-state index contributed by atoms with van der Waals surface area (Å²) in [5.41, 5.74) is 8.44. The van der Waals surface area contributed by atoms with Crippen LogP contribution in [0.5, 0.6) is 0 Å². The van der Waals surface area contributed by atoms with Crippen molar-refractivity contribution in [1.29, 1.82) is 0 Å². The van der Waals surface area contributed by atoms with Gasteiger partial charge in [0.15, 0.2) is 0 Å². The van der Waals surface area contributed by atoms with Gasteiger partial charge in [0.1, 0.15) is 5.82 Å². The Morgan fingerprint density at radius 2 is 2.00 bits per heavy atom. The predicted molar refractivity (Wildman–Crippen MR) is 53.3 cm³/mol. The zero-order valence-electron chi connectivity index (χ0n) is 8.39. The molecule has 1 rings (SSSR count). The van der Waals surface area contributed by atoms with Gasteiger partial charge < -0.3 is 5.73 Å². The first-order chi connectivity index (χ1) is 6.07. The average Bonchev–Trinajstić information content (AvgIpc) is 2.12. The lowest BCUT2D eigenvalue weighted by Crippen LogP contribution is -2.12. The fourth-order valence-corrected chi connectivity index (χ4v) is 1.53. The third-order valence-corrected chi connectivity index (χ3v) is 2.58. The maximum atomic E-state index is 13.4. The fourth-order valence-electron chi connectivity index (χ4n) is 1.53. The van der Waals surface area contributed by atoms with E-state index in [9.17, 15) is 4.39 Å². The van der Waals surface area contributed by atoms with Crippen molar-refractivity contribution < 1.29 is 4.39 Å². The van der Waals surface area contributed by atoms with Crippen LogP contribution in [0.25, 0.3) is 0 Å². The predicted octanol–water partition coefficient (Wildman–Crippen LogP) is 2.50. The van der Waals surface area contributed by atoms with Crippen molar-refractivity contribution in [3.8, 4) is 0 Å². The second-order valence-electron chi connectivity index (χ2n) is 3.54. The van der Waals surface area contributed by atoms with Gasteiger partial charge in [0.2, 0.25) is 0 Å². The van der Waals surface area contributed by atoms with Gasteiger partial charge in [-0.25, -0.2) is 4.39 Å². The van der Waals surface area contributed by atoms with Crippen LogP contribution in [0.15, 0.2) is 12.1 Å². The Kier molecular flexibility index (Phi) is 3.04. The molecular weight excluding hydrogens is 165 g/mol. The third kappa shape index (κ3) is 1.89. The molecular formula is C11H16FN. The highest BCUT2D eigenvalue weighted by atomic mass is 19.1. The largest absolute Gasteiger partial charge is 0.330 e. The Morgan fingerprint density at radius 3 is 2.54 bits per heavy atom. The van der Waals surface area contributed by atoms with E-state index in [1.807, 2.05) is 20.8 Å². The molecule has 0 aliphatic heterocycles. The van der Waals surface area contributed by atoms with Gasteiger partial charge >= 0.3 is 0 Å². The Labute approximate surface area is 78.8 Å². The molecule has 1 nitrogen and oxygen atoms in total. The van der Waals surface area contributed by atoms with Crippen molar-refractivity contribution >= 4 is 0 Å². The topological polar surface area (TPSA) is 26.0 Å². The van der Waals surface area contributed by atoms with Gasteiger partial charge in [0.05, 0.1) is 0 Å². The molecule has 1 aromatic rings. The van der Waals surface area contributed by atoms with Gasteiger partial charge in [-0.3, -0.25) is 0 Å². The number of rotatable bonds is 2. The summed E-state index contributed by atoms with van der Waals surface area (Å²) < 4.78 is 13.4. The Morgan fingerprint density at radius 1 is 1.38 bits per heavy atom. The van der Waals surface area contributed by atoms with Crippen LogP contribution in [-0.4, -0.2) is 6.54 Å². The third-order valence-electron chi connectivity index (χ3n) is 2.58. The highest BCUT2D eigenvalue weighted by molar-refractivity contribution is 5.36. The lowest BCUT2D eigenvalue weighted by Gasteiger charge is -2.15. The van der Waals surface area contributed by atoms with Crippen molar-refractivity contribution in [3.63, 3.8) is 0 Å². The van der Waals surface area contributed by atoms with Crippen LogP contribution >= 0.6 is 0 Å². The fraction of sp³-hybridized carbons (Fsp3) is 0.455. The van der Waals surface area contributed by atoms with E-state index >= 15 is 0 Å². The average molecular weight is 181 g/mol. The molecule has 0 saturated carbocycles. The van der Waals surface area contributed by atoms with Gasteiger partial charge in [-0.05, 0) is 49.1 Å². The summed E-state index contributed by atoms with van der Waals surface area (Å²) in [6.07, 6.45) is 0. The second-order valence-corrected chi connectivity index (χ2v) is 3.54. The van der Waals surface area contributed by atoms with E-state index in [0.29, 0.717) is 6.54 Å². The Hall–Kier alpha value is -0.890. The molecule has 0 amide bonds. The molecule has 2 N–H and O–H groups in total. The van der Waals surface area contributed by atoms with E-state index in [4.69, 9.17) is 5.73 Å². The van der Waals surface area contributed by atoms with Gasteiger partial charge in [-0.2, -0.15) is 0 Å². The summed E-state index contributed by atoms with van der Waals surface area (Å²) >= 11 is 0. The maximum Gasteiger partial charge on any atom is 0.126 e. The summed E-state index contributed by atoms with van der Waals surface area (Å²) in [7, 11) is 0. The Bertz CT molecular complexity index is 307. The zero-order valence-corrected chi connectivity index (χ0v) is 8.39. The summed E-state index contributed by atoms with van der Waals surface area (Å²) in [5, 5.41) is 0. The van der Waals surface area contributed by atoms with Crippen molar-refractivity contribution in [2.24, 2.45) is 5.73 Å². The lowest BCUT2D eigenvalue weighted by molar-refractivity contribution is 0.587. The maximum absolute atomic E-state index is 13.4. The molecule has 0 heterocycles. The molecule has 0 saturated heterocycles. The summed E-state index contributed by atoms with van der Waals surface area (Å²) in [4.78, 5) is 0. The minimum atomic E-state index is -0.138. The summed E-state index contributed by atoms with van der Waals surface area (Å²) in [6.45, 7) is 6.37. The van der Waals surface area contributed by atoms with E-state index in [1.54, 1.807) is 6.07 Å². The first kappa shape index (κ1) is 10.2. The molecule has 72 valence electrons. The van der Waals surface area contributed by atoms with Crippen LogP contribution in [0.2, 0.25) is 0 Å². The number of benzene rings is 1. The van der Waals surface area contributed by atoms with Crippen LogP contribution in [0.3, 0.4) is 0 Å². The van der Waals surface area contributed by atoms with Crippen LogP contribution in [-0.2, 0) is 0 Å². The molecule has 1 atom stereocenters. The summed E-state index contributed by atoms with van der Waals surface area (Å²) in [5.74, 6) is -0.0408. The highest BCUT2D eigenvalue weighted by Gasteiger charge is 2.13. The molecule has 0 aliphatic rings. The molecule has 0 fully saturated rings. The number of nitrogens with two attached hydrogens (primary N) is 1. The number of hydrogen-bond acceptors (Lipinski definition) is 1. The van der Waals surface area contributed by atoms with Crippen molar-refractivity contribution in [3.05, 3.63) is 34.6 Å². The number of aryl methyl sites for hydroxylation is 1. The molecule has 0 aromatic heterocycles. The van der Waals surface area contributed by atoms with Crippen molar-refractivity contribution in [1.82, 2.24) is 0 Å². The SMILES string of the molecule is Cc1ccc(F)c(C(C)CN)c1C. The lowest BCUT2D eigenvalue weighted by atomic mass is 9.93. The van der Waals surface area contributed by atoms with E-state index < -0.39 is 0 Å². The van der Waals surface area contributed by atoms with Gasteiger partial charge in [0.25, 0.3) is 0 Å². The smallest absolute Gasteiger partial charge is 0.126 e. The van der Waals surface area contributed by atoms with Crippen LogP contribution < -0.4 is 5.73 Å². The molecule has 1 aromatic carbocycles. The van der Waals surface area contributed by atoms with E-state index in [2.05, 4.69) is 0 Å². The van der Waals surface area contributed by atoms with Gasteiger partial charge in [-0.1, -0.05) is 13.0 Å². The Balaban J connectivity index is 3.25. The highest BCUT2D eigenvalue weighted by Crippen LogP contribution is 2.24. The number of halogens is 1. The van der Waals surface area contributed by atoms with Crippen LogP contribution in [0, 0.1) is 19.7 Å². The molecule has 13 heavy (non-hydrogen) atoms. The van der Waals surface area contributed by atoms with E-state index in [0.717, 1.165) is 16.7 Å². The molecule has 0 aliphatic carbocycles. The minimum absolute atomic E-state index is 0.0971. The van der Waals surface area contributed by atoms with E-state index in [1.165, 1.54) is 6.07 Å². The monoisotopic (exact) mass is 181 g/mol. The second kappa shape index (κ2) is 3.88. The van der Waals surface area contributed by atoms with Gasteiger partial charge in [-0.15, -0.1) is 0 Å². The first-order valence-electron chi connectivity index (χ1n) is 4.53. The standard InChI is InChI=1S/C11H16FN/c1-7-4-5-10(12)11(9(7)3)8(2)6-13/h4-5,8H,6,13H2,1-3H3. The zero-order chi connectivity index (χ0) is 10.0. The molecule has 0 radical (unpaired) electrons.